The molecule has 0 saturated heterocycles. The summed E-state index contributed by atoms with van der Waals surface area (Å²) in [6.45, 7) is 1.39. The van der Waals surface area contributed by atoms with Gasteiger partial charge in [0.1, 0.15) is 5.78 Å². The van der Waals surface area contributed by atoms with Gasteiger partial charge in [-0.25, -0.2) is 0 Å². The predicted molar refractivity (Wildman–Crippen MR) is 20.9 cm³/mol. The van der Waals surface area contributed by atoms with Crippen LogP contribution in [0, 0.1) is 11.3 Å². The molecule has 0 radical (unpaired) electrons. The van der Waals surface area contributed by atoms with Crippen LogP contribution in [0.5, 0.6) is 0 Å². The van der Waals surface area contributed by atoms with Gasteiger partial charge in [-0.3, -0.25) is 4.79 Å². The quantitative estimate of drug-likeness (QED) is 0.346. The van der Waals surface area contributed by atoms with E-state index in [2.05, 4.69) is 0 Å². The molecule has 0 fully saturated rings. The van der Waals surface area contributed by atoms with E-state index in [1.54, 1.807) is 6.07 Å². The molecule has 0 aromatic rings. The zero-order valence-corrected chi connectivity index (χ0v) is 6.56. The molecule has 0 spiro atoms. The molecule has 2 nitrogen and oxygen atoms in total. The number of hydrogen-bond acceptors (Lipinski definition) is 2. The third-order valence-corrected chi connectivity index (χ3v) is 0.328. The maximum Gasteiger partial charge on any atom is 1.00 e. The molecule has 0 aliphatic heterocycles. The summed E-state index contributed by atoms with van der Waals surface area (Å²) in [4.78, 5) is 9.82. The van der Waals surface area contributed by atoms with Gasteiger partial charge in [-0.05, 0) is 6.92 Å². The van der Waals surface area contributed by atoms with E-state index in [4.69, 9.17) is 5.26 Å². The van der Waals surface area contributed by atoms with Gasteiger partial charge < -0.3 is 0 Å². The number of carbonyl (C=O) groups is 1. The molecule has 0 aliphatic rings. The van der Waals surface area contributed by atoms with Crippen molar-refractivity contribution in [3.05, 3.63) is 0 Å². The summed E-state index contributed by atoms with van der Waals surface area (Å²) < 4.78 is 0. The predicted octanol–water partition coefficient (Wildman–Crippen LogP) is -2.51. The van der Waals surface area contributed by atoms with Crippen LogP contribution in [-0.4, -0.2) is 5.78 Å². The van der Waals surface area contributed by atoms with E-state index in [0.29, 0.717) is 0 Å². The Kier molecular flexibility index (Phi) is 8.98. The third-order valence-electron chi connectivity index (χ3n) is 0.328. The minimum atomic E-state index is -0.0718. The second-order valence-electron chi connectivity index (χ2n) is 1.04. The van der Waals surface area contributed by atoms with Gasteiger partial charge in [0.2, 0.25) is 0 Å². The van der Waals surface area contributed by atoms with E-state index < -0.39 is 0 Å². The number of carbonyl (C=O) groups excluding carboxylic acids is 1. The van der Waals surface area contributed by atoms with Crippen molar-refractivity contribution < 1.29 is 34.4 Å². The van der Waals surface area contributed by atoms with Crippen molar-refractivity contribution in [2.24, 2.45) is 0 Å². The summed E-state index contributed by atoms with van der Waals surface area (Å²) in [7, 11) is 0. The molecule has 0 aliphatic carbocycles. The SMILES string of the molecule is CC(=O)CC#N.[Na+]. The molecule has 0 amide bonds. The molecule has 32 valence electrons. The summed E-state index contributed by atoms with van der Waals surface area (Å²) >= 11 is 0. The minimum Gasteiger partial charge on any atom is -0.299 e. The Labute approximate surface area is 64.8 Å². The van der Waals surface area contributed by atoms with Crippen LogP contribution in [0.25, 0.3) is 0 Å². The molecule has 0 heterocycles. The monoisotopic (exact) mass is 106 g/mol. The molecule has 0 unspecified atom stereocenters. The molecule has 3 heteroatoms. The summed E-state index contributed by atoms with van der Waals surface area (Å²) in [6, 6.07) is 1.72. The Bertz CT molecular complexity index is 94.4. The third kappa shape index (κ3) is 10.7. The van der Waals surface area contributed by atoms with Crippen LogP contribution in [0.1, 0.15) is 13.3 Å². The van der Waals surface area contributed by atoms with Gasteiger partial charge in [-0.1, -0.05) is 0 Å². The molecule has 0 saturated carbocycles. The van der Waals surface area contributed by atoms with Crippen LogP contribution in [0.3, 0.4) is 0 Å². The summed E-state index contributed by atoms with van der Waals surface area (Å²) in [6.07, 6.45) is 0.0417. The number of nitriles is 1. The van der Waals surface area contributed by atoms with Gasteiger partial charge in [0, 0.05) is 0 Å². The first-order valence-electron chi connectivity index (χ1n) is 1.63. The van der Waals surface area contributed by atoms with Gasteiger partial charge in [-0.2, -0.15) is 5.26 Å². The zero-order chi connectivity index (χ0) is 4.99. The number of Topliss-reactive ketones (excluding diaryl/α,β-unsaturated/α-hetero) is 1. The van der Waals surface area contributed by atoms with Gasteiger partial charge in [0.25, 0.3) is 0 Å². The van der Waals surface area contributed by atoms with E-state index in [0.717, 1.165) is 0 Å². The van der Waals surface area contributed by atoms with Crippen molar-refractivity contribution in [1.82, 2.24) is 0 Å². The average Bonchev–Trinajstić information content (AvgIpc) is 1.35. The van der Waals surface area contributed by atoms with Crippen molar-refractivity contribution in [3.8, 4) is 6.07 Å². The van der Waals surface area contributed by atoms with E-state index in [9.17, 15) is 4.79 Å². The van der Waals surface area contributed by atoms with Crippen LogP contribution in [-0.2, 0) is 4.79 Å². The van der Waals surface area contributed by atoms with Crippen LogP contribution >= 0.6 is 0 Å². The van der Waals surface area contributed by atoms with Gasteiger partial charge in [0.05, 0.1) is 12.5 Å². The first-order valence-corrected chi connectivity index (χ1v) is 1.63. The molecule has 0 rings (SSSR count). The second kappa shape index (κ2) is 6.16. The standard InChI is InChI=1S/C4H5NO.Na/c1-4(6)2-3-5;/h2H2,1H3;/q;+1. The Morgan fingerprint density at radius 3 is 2.29 bits per heavy atom. The Morgan fingerprint density at radius 2 is 2.29 bits per heavy atom. The number of rotatable bonds is 1. The van der Waals surface area contributed by atoms with Crippen LogP contribution < -0.4 is 29.6 Å². The Balaban J connectivity index is 0. The van der Waals surface area contributed by atoms with E-state index in [1.807, 2.05) is 0 Å². The normalized spacial score (nSPS) is 5.71. The van der Waals surface area contributed by atoms with Crippen LogP contribution in [0.4, 0.5) is 0 Å². The first-order chi connectivity index (χ1) is 2.77. The molecule has 0 bridgehead atoms. The van der Waals surface area contributed by atoms with E-state index >= 15 is 0 Å². The maximum atomic E-state index is 9.82. The summed E-state index contributed by atoms with van der Waals surface area (Å²) in [5.74, 6) is -0.0718. The molecule has 0 atom stereocenters. The first kappa shape index (κ1) is 10.2. The fraction of sp³-hybridized carbons (Fsp3) is 0.500. The second-order valence-corrected chi connectivity index (χ2v) is 1.04. The number of hydrogen-bond donors (Lipinski definition) is 0. The van der Waals surface area contributed by atoms with Crippen LogP contribution in [0.15, 0.2) is 0 Å². The Hall–Kier alpha value is 0.160. The van der Waals surface area contributed by atoms with E-state index in [1.165, 1.54) is 6.92 Å². The van der Waals surface area contributed by atoms with Crippen molar-refractivity contribution in [3.63, 3.8) is 0 Å². The summed E-state index contributed by atoms with van der Waals surface area (Å²) in [5.41, 5.74) is 0. The van der Waals surface area contributed by atoms with Crippen molar-refractivity contribution >= 4 is 5.78 Å². The average molecular weight is 106 g/mol. The number of nitrogens with zero attached hydrogens (tertiary/aromatic N) is 1. The Morgan fingerprint density at radius 1 is 1.86 bits per heavy atom. The molecule has 0 aromatic carbocycles. The molecule has 0 aromatic heterocycles. The maximum absolute atomic E-state index is 9.82. The van der Waals surface area contributed by atoms with Crippen molar-refractivity contribution in [1.29, 1.82) is 5.26 Å². The van der Waals surface area contributed by atoms with Gasteiger partial charge in [-0.15, -0.1) is 0 Å². The number of ketones is 1. The summed E-state index contributed by atoms with van der Waals surface area (Å²) in [5, 5.41) is 7.77. The smallest absolute Gasteiger partial charge is 0.299 e. The zero-order valence-electron chi connectivity index (χ0n) is 4.56. The largest absolute Gasteiger partial charge is 1.00 e. The fourth-order valence-corrected chi connectivity index (χ4v) is 0.111. The molecule has 0 N–H and O–H groups in total. The topological polar surface area (TPSA) is 40.9 Å². The molecular weight excluding hydrogens is 101 g/mol. The van der Waals surface area contributed by atoms with Gasteiger partial charge in [0.15, 0.2) is 0 Å². The molecular formula is C4H5NNaO+. The van der Waals surface area contributed by atoms with Gasteiger partial charge >= 0.3 is 29.6 Å². The fourth-order valence-electron chi connectivity index (χ4n) is 0.111. The van der Waals surface area contributed by atoms with Crippen molar-refractivity contribution in [2.45, 2.75) is 13.3 Å². The molecule has 7 heavy (non-hydrogen) atoms. The van der Waals surface area contributed by atoms with E-state index in [-0.39, 0.29) is 41.8 Å². The van der Waals surface area contributed by atoms with Crippen molar-refractivity contribution in [2.75, 3.05) is 0 Å². The minimum absolute atomic E-state index is 0. The van der Waals surface area contributed by atoms with Crippen LogP contribution in [0.2, 0.25) is 0 Å².